The highest BCUT2D eigenvalue weighted by molar-refractivity contribution is 5.64. The second-order valence-electron chi connectivity index (χ2n) is 6.14. The van der Waals surface area contributed by atoms with E-state index in [0.29, 0.717) is 30.5 Å². The van der Waals surface area contributed by atoms with Gasteiger partial charge in [0.1, 0.15) is 17.8 Å². The van der Waals surface area contributed by atoms with Crippen molar-refractivity contribution >= 4 is 5.82 Å². The molecule has 0 aromatic heterocycles. The summed E-state index contributed by atoms with van der Waals surface area (Å²) in [5.41, 5.74) is 7.84. The van der Waals surface area contributed by atoms with Crippen LogP contribution in [0.4, 0.5) is 5.82 Å². The van der Waals surface area contributed by atoms with Gasteiger partial charge < -0.3 is 20.1 Å². The smallest absolute Gasteiger partial charge is 0.184 e. The molecule has 2 aliphatic heterocycles. The van der Waals surface area contributed by atoms with Gasteiger partial charge in [-0.2, -0.15) is 0 Å². The Morgan fingerprint density at radius 3 is 2.83 bits per heavy atom. The lowest BCUT2D eigenvalue weighted by atomic mass is 9.77. The van der Waals surface area contributed by atoms with Crippen molar-refractivity contribution in [1.29, 1.82) is 0 Å². The highest BCUT2D eigenvalue weighted by atomic mass is 16.5. The highest BCUT2D eigenvalue weighted by Gasteiger charge is 2.42. The van der Waals surface area contributed by atoms with Crippen LogP contribution in [0.25, 0.3) is 11.5 Å². The molecule has 24 heavy (non-hydrogen) atoms. The summed E-state index contributed by atoms with van der Waals surface area (Å²) < 4.78 is 7.51. The fourth-order valence-corrected chi connectivity index (χ4v) is 3.16. The first-order valence-corrected chi connectivity index (χ1v) is 7.97. The minimum Gasteiger partial charge on any atom is -0.391 e. The molecule has 4 rings (SSSR count). The molecule has 0 saturated heterocycles. The number of benzene rings is 1. The van der Waals surface area contributed by atoms with E-state index < -0.39 is 6.10 Å². The van der Waals surface area contributed by atoms with E-state index >= 15 is 0 Å². The number of aromatic nitrogens is 4. The van der Waals surface area contributed by atoms with Crippen LogP contribution in [-0.2, 0) is 11.3 Å². The van der Waals surface area contributed by atoms with Crippen molar-refractivity contribution in [2.75, 3.05) is 12.3 Å². The lowest BCUT2D eigenvalue weighted by Crippen LogP contribution is -2.46. The van der Waals surface area contributed by atoms with Crippen LogP contribution in [0.15, 0.2) is 43.0 Å². The third kappa shape index (κ3) is 2.61. The van der Waals surface area contributed by atoms with E-state index in [1.807, 2.05) is 30.3 Å². The minimum absolute atomic E-state index is 0.0936. The number of rotatable bonds is 5. The van der Waals surface area contributed by atoms with E-state index in [4.69, 9.17) is 10.5 Å². The van der Waals surface area contributed by atoms with Crippen molar-refractivity contribution in [3.63, 3.8) is 0 Å². The average Bonchev–Trinajstić information content (AvgIpc) is 3.09. The molecule has 0 amide bonds. The standard InChI is InChI=1S/C17H19N5O2/c18-16-14-17(20-9-19-14)21-10-22(16)13-6-12(15(13)23)8-24-7-11-4-2-1-3-5-11/h1-5,9-10,12-13,15,23H,6-8,18H2/t12-,13+,15-/m1/s1. The molecular weight excluding hydrogens is 306 g/mol. The SMILES string of the molecule is Nc1c2ncnc-2ncn1[C@H]1C[C@H](COCc2ccccc2)[C@H]1O. The van der Waals surface area contributed by atoms with Crippen molar-refractivity contribution in [2.24, 2.45) is 5.92 Å². The van der Waals surface area contributed by atoms with Crippen molar-refractivity contribution in [3.8, 4) is 11.5 Å². The van der Waals surface area contributed by atoms with E-state index in [2.05, 4.69) is 15.0 Å². The normalized spacial score (nSPS) is 23.3. The maximum atomic E-state index is 10.4. The molecule has 0 radical (unpaired) electrons. The predicted octanol–water partition coefficient (Wildman–Crippen LogP) is 1.50. The van der Waals surface area contributed by atoms with Crippen LogP contribution in [0.3, 0.4) is 0 Å². The van der Waals surface area contributed by atoms with Gasteiger partial charge in [0.2, 0.25) is 0 Å². The topological polar surface area (TPSA) is 99.1 Å². The van der Waals surface area contributed by atoms with Gasteiger partial charge in [-0.3, -0.25) is 0 Å². The zero-order chi connectivity index (χ0) is 16.5. The molecule has 0 bridgehead atoms. The first-order chi connectivity index (χ1) is 11.7. The second kappa shape index (κ2) is 6.18. The number of hydrogen-bond donors (Lipinski definition) is 2. The van der Waals surface area contributed by atoms with Crippen molar-refractivity contribution in [1.82, 2.24) is 19.5 Å². The molecule has 124 valence electrons. The molecule has 1 aromatic rings. The number of nitrogens with zero attached hydrogens (tertiary/aromatic N) is 4. The Morgan fingerprint density at radius 1 is 1.21 bits per heavy atom. The lowest BCUT2D eigenvalue weighted by molar-refractivity contribution is -0.0747. The summed E-state index contributed by atoms with van der Waals surface area (Å²) in [6, 6.07) is 9.91. The third-order valence-corrected chi connectivity index (χ3v) is 4.63. The van der Waals surface area contributed by atoms with Gasteiger partial charge >= 0.3 is 0 Å². The summed E-state index contributed by atoms with van der Waals surface area (Å²) in [6.07, 6.45) is 3.36. The average molecular weight is 325 g/mol. The third-order valence-electron chi connectivity index (χ3n) is 4.63. The summed E-state index contributed by atoms with van der Waals surface area (Å²) in [7, 11) is 0. The number of aliphatic hydroxyl groups is 1. The maximum absolute atomic E-state index is 10.4. The fraction of sp³-hybridized carbons (Fsp3) is 0.353. The van der Waals surface area contributed by atoms with E-state index in [0.717, 1.165) is 12.0 Å². The first-order valence-electron chi connectivity index (χ1n) is 7.97. The number of ether oxygens (including phenoxy) is 1. The van der Waals surface area contributed by atoms with Crippen LogP contribution in [0, 0.1) is 5.92 Å². The Kier molecular flexibility index (Phi) is 3.87. The Morgan fingerprint density at radius 2 is 2.04 bits per heavy atom. The largest absolute Gasteiger partial charge is 0.391 e. The van der Waals surface area contributed by atoms with Crippen LogP contribution in [0.2, 0.25) is 0 Å². The predicted molar refractivity (Wildman–Crippen MR) is 88.1 cm³/mol. The van der Waals surface area contributed by atoms with Crippen LogP contribution >= 0.6 is 0 Å². The molecule has 1 saturated carbocycles. The van der Waals surface area contributed by atoms with Gasteiger partial charge in [-0.15, -0.1) is 0 Å². The molecule has 7 heteroatoms. The minimum atomic E-state index is -0.504. The number of nitrogens with two attached hydrogens (primary N) is 1. The summed E-state index contributed by atoms with van der Waals surface area (Å²) in [4.78, 5) is 12.4. The summed E-state index contributed by atoms with van der Waals surface area (Å²) >= 11 is 0. The molecule has 2 heterocycles. The number of fused-ring (bicyclic) bond motifs is 1. The number of hydrogen-bond acceptors (Lipinski definition) is 6. The molecule has 3 aliphatic rings. The molecule has 1 aromatic carbocycles. The first kappa shape index (κ1) is 15.0. The Bertz CT molecular complexity index is 791. The van der Waals surface area contributed by atoms with Gasteiger partial charge in [-0.05, 0) is 12.0 Å². The summed E-state index contributed by atoms with van der Waals surface area (Å²) in [5.74, 6) is 1.12. The lowest BCUT2D eigenvalue weighted by Gasteiger charge is -2.42. The van der Waals surface area contributed by atoms with Gasteiger partial charge in [0.15, 0.2) is 5.82 Å². The number of nitrogen functional groups attached to an aromatic ring is 1. The van der Waals surface area contributed by atoms with Gasteiger partial charge in [0.25, 0.3) is 0 Å². The fourth-order valence-electron chi connectivity index (χ4n) is 3.16. The second-order valence-corrected chi connectivity index (χ2v) is 6.14. The van der Waals surface area contributed by atoms with Crippen LogP contribution < -0.4 is 5.73 Å². The van der Waals surface area contributed by atoms with E-state index in [1.165, 1.54) is 6.33 Å². The van der Waals surface area contributed by atoms with Crippen LogP contribution in [0.5, 0.6) is 0 Å². The molecular formula is C17H19N5O2. The summed E-state index contributed by atoms with van der Waals surface area (Å²) in [5, 5.41) is 10.4. The number of anilines is 1. The van der Waals surface area contributed by atoms with Crippen molar-refractivity contribution < 1.29 is 9.84 Å². The maximum Gasteiger partial charge on any atom is 0.184 e. The zero-order valence-corrected chi connectivity index (χ0v) is 13.1. The monoisotopic (exact) mass is 325 g/mol. The van der Waals surface area contributed by atoms with E-state index in [-0.39, 0.29) is 12.0 Å². The number of aliphatic hydroxyl groups excluding tert-OH is 1. The van der Waals surface area contributed by atoms with Gasteiger partial charge in [0, 0.05) is 5.92 Å². The Balaban J connectivity index is 1.36. The summed E-state index contributed by atoms with van der Waals surface area (Å²) in [6.45, 7) is 1.08. The highest BCUT2D eigenvalue weighted by Crippen LogP contribution is 2.40. The van der Waals surface area contributed by atoms with E-state index in [1.54, 1.807) is 10.9 Å². The molecule has 3 atom stereocenters. The molecule has 1 fully saturated rings. The Hall–Kier alpha value is -2.51. The zero-order valence-electron chi connectivity index (χ0n) is 13.1. The number of imidazole rings is 1. The van der Waals surface area contributed by atoms with Gasteiger partial charge in [-0.1, -0.05) is 30.3 Å². The molecule has 7 nitrogen and oxygen atoms in total. The van der Waals surface area contributed by atoms with Crippen molar-refractivity contribution in [2.45, 2.75) is 25.2 Å². The quantitative estimate of drug-likeness (QED) is 0.737. The van der Waals surface area contributed by atoms with Crippen molar-refractivity contribution in [3.05, 3.63) is 48.5 Å². The van der Waals surface area contributed by atoms with Crippen LogP contribution in [0.1, 0.15) is 18.0 Å². The molecule has 1 aliphatic carbocycles. The van der Waals surface area contributed by atoms with Crippen LogP contribution in [-0.4, -0.2) is 37.3 Å². The van der Waals surface area contributed by atoms with Gasteiger partial charge in [-0.25, -0.2) is 15.0 Å². The Labute approximate surface area is 139 Å². The van der Waals surface area contributed by atoms with Gasteiger partial charge in [0.05, 0.1) is 31.7 Å². The molecule has 0 unspecified atom stereocenters. The molecule has 3 N–H and O–H groups in total. The van der Waals surface area contributed by atoms with E-state index in [9.17, 15) is 5.11 Å². The molecule has 0 spiro atoms.